The molecule has 0 amide bonds. The average molecular weight is 581 g/mol. The van der Waals surface area contributed by atoms with Crippen LogP contribution in [0.5, 0.6) is 0 Å². The van der Waals surface area contributed by atoms with E-state index >= 15 is 0 Å². The summed E-state index contributed by atoms with van der Waals surface area (Å²) in [5.41, 5.74) is -0.201. The van der Waals surface area contributed by atoms with Gasteiger partial charge in [-0.1, -0.05) is 17.7 Å². The summed E-state index contributed by atoms with van der Waals surface area (Å²) < 4.78 is 78.1. The smallest absolute Gasteiger partial charge is 0.354 e. The van der Waals surface area contributed by atoms with Gasteiger partial charge >= 0.3 is 6.18 Å². The third-order valence-corrected chi connectivity index (χ3v) is 7.83. The lowest BCUT2D eigenvalue weighted by molar-refractivity contribution is -0.151. The van der Waals surface area contributed by atoms with Crippen LogP contribution >= 0.6 is 11.6 Å². The average Bonchev–Trinajstić information content (AvgIpc) is 3.64. The molecule has 1 unspecified atom stereocenters. The maximum absolute atomic E-state index is 13.8. The first kappa shape index (κ1) is 27.0. The van der Waals surface area contributed by atoms with Crippen molar-refractivity contribution >= 4 is 44.4 Å². The molecule has 1 aliphatic carbocycles. The van der Waals surface area contributed by atoms with E-state index in [1.807, 2.05) is 0 Å². The number of nitrogens with zero attached hydrogens (tertiary/aromatic N) is 3. The summed E-state index contributed by atoms with van der Waals surface area (Å²) in [7, 11) is -4.02. The van der Waals surface area contributed by atoms with Gasteiger partial charge in [0.25, 0.3) is 0 Å². The van der Waals surface area contributed by atoms with Crippen LogP contribution in [0.4, 0.5) is 29.3 Å². The highest BCUT2D eigenvalue weighted by Gasteiger charge is 2.64. The van der Waals surface area contributed by atoms with Gasteiger partial charge in [0.15, 0.2) is 5.82 Å². The predicted octanol–water partition coefficient (Wildman–Crippen LogP) is 5.81. The number of nitrogens with two attached hydrogens (primary N) is 1. The molecule has 5 rings (SSSR count). The second kappa shape index (κ2) is 9.57. The van der Waals surface area contributed by atoms with E-state index < -0.39 is 33.6 Å². The van der Waals surface area contributed by atoms with E-state index in [1.165, 1.54) is 42.5 Å². The van der Waals surface area contributed by atoms with E-state index in [0.717, 1.165) is 0 Å². The number of anilines is 2. The Labute approximate surface area is 225 Å². The number of sulfonamides is 1. The van der Waals surface area contributed by atoms with Crippen LogP contribution in [-0.2, 0) is 10.0 Å². The SMILES string of the molecule is CC(Nc1nc(NC2(C(F)(F)F)CC2)c2nc(-c3ccc(F)cc3)ccc2n1)c1ccc(S(N)(=O)=O)c(Cl)c1. The number of pyridine rings is 1. The van der Waals surface area contributed by atoms with Gasteiger partial charge in [0.1, 0.15) is 21.8 Å². The van der Waals surface area contributed by atoms with Crippen molar-refractivity contribution in [2.75, 3.05) is 10.6 Å². The fraction of sp³-hybridized carbons (Fsp3) is 0.240. The van der Waals surface area contributed by atoms with Crippen LogP contribution < -0.4 is 15.8 Å². The molecule has 4 aromatic rings. The number of aromatic nitrogens is 3. The predicted molar refractivity (Wildman–Crippen MR) is 139 cm³/mol. The van der Waals surface area contributed by atoms with E-state index in [9.17, 15) is 26.0 Å². The molecule has 1 saturated carbocycles. The summed E-state index contributed by atoms with van der Waals surface area (Å²) >= 11 is 6.10. The lowest BCUT2D eigenvalue weighted by Crippen LogP contribution is -2.39. The number of nitrogens with one attached hydrogen (secondary N) is 2. The third-order valence-electron chi connectivity index (χ3n) is 6.44. The van der Waals surface area contributed by atoms with E-state index in [0.29, 0.717) is 16.8 Å². The Morgan fingerprint density at radius 2 is 1.72 bits per heavy atom. The molecule has 8 nitrogen and oxygen atoms in total. The van der Waals surface area contributed by atoms with Gasteiger partial charge < -0.3 is 10.6 Å². The van der Waals surface area contributed by atoms with Crippen LogP contribution in [0.25, 0.3) is 22.3 Å². The molecule has 4 N–H and O–H groups in total. The van der Waals surface area contributed by atoms with Crippen molar-refractivity contribution in [2.45, 2.75) is 42.4 Å². The maximum atomic E-state index is 13.8. The molecule has 0 radical (unpaired) electrons. The van der Waals surface area contributed by atoms with Crippen LogP contribution in [0.2, 0.25) is 5.02 Å². The molecule has 1 atom stereocenters. The molecule has 0 aliphatic heterocycles. The standard InChI is InChI=1S/C25H21ClF4N6O2S/c1-13(15-4-9-20(17(26)12-15)39(31,37)38)32-23-34-19-8-7-18(14-2-5-16(27)6-3-14)33-21(19)22(35-23)36-24(10-11-24)25(28,29)30/h2-9,12-13H,10-11H2,1H3,(H2,31,37,38)(H2,32,34,35,36). The Balaban J connectivity index is 1.54. The molecule has 39 heavy (non-hydrogen) atoms. The van der Waals surface area contributed by atoms with E-state index in [4.69, 9.17) is 16.7 Å². The highest BCUT2D eigenvalue weighted by molar-refractivity contribution is 7.89. The first-order chi connectivity index (χ1) is 18.3. The zero-order valence-electron chi connectivity index (χ0n) is 20.2. The van der Waals surface area contributed by atoms with Gasteiger partial charge in [0.05, 0.1) is 22.3 Å². The van der Waals surface area contributed by atoms with E-state index in [-0.39, 0.29) is 45.6 Å². The fourth-order valence-electron chi connectivity index (χ4n) is 4.07. The first-order valence-electron chi connectivity index (χ1n) is 11.6. The zero-order valence-corrected chi connectivity index (χ0v) is 21.8. The van der Waals surface area contributed by atoms with Crippen LogP contribution in [0.3, 0.4) is 0 Å². The first-order valence-corrected chi connectivity index (χ1v) is 13.6. The number of primary sulfonamides is 1. The minimum absolute atomic E-state index is 0.0125. The van der Waals surface area contributed by atoms with Crippen LogP contribution in [0, 0.1) is 5.82 Å². The van der Waals surface area contributed by atoms with Gasteiger partial charge in [-0.3, -0.25) is 0 Å². The fourth-order valence-corrected chi connectivity index (χ4v) is 5.17. The second-order valence-corrected chi connectivity index (χ2v) is 11.2. The molecule has 204 valence electrons. The summed E-state index contributed by atoms with van der Waals surface area (Å²) in [6.07, 6.45) is -4.75. The minimum Gasteiger partial charge on any atom is -0.354 e. The molecule has 2 aromatic heterocycles. The Kier molecular flexibility index (Phi) is 6.64. The van der Waals surface area contributed by atoms with Crippen LogP contribution in [-0.4, -0.2) is 35.1 Å². The zero-order chi connectivity index (χ0) is 28.2. The number of alkyl halides is 3. The summed E-state index contributed by atoms with van der Waals surface area (Å²) in [6.45, 7) is 1.72. The van der Waals surface area contributed by atoms with Gasteiger partial charge in [-0.2, -0.15) is 18.2 Å². The highest BCUT2D eigenvalue weighted by Crippen LogP contribution is 2.51. The normalized spacial score (nSPS) is 15.7. The molecule has 1 aliphatic rings. The van der Waals surface area contributed by atoms with Crippen molar-refractivity contribution in [3.8, 4) is 11.3 Å². The van der Waals surface area contributed by atoms with E-state index in [2.05, 4.69) is 25.6 Å². The number of rotatable bonds is 7. The quantitative estimate of drug-likeness (QED) is 0.236. The summed E-state index contributed by atoms with van der Waals surface area (Å²) in [5, 5.41) is 10.6. The van der Waals surface area contributed by atoms with Gasteiger partial charge in [0, 0.05) is 5.56 Å². The molecule has 0 spiro atoms. The van der Waals surface area contributed by atoms with Crippen LogP contribution in [0.1, 0.15) is 31.4 Å². The monoisotopic (exact) mass is 580 g/mol. The van der Waals surface area contributed by atoms with E-state index in [1.54, 1.807) is 19.1 Å². The molecular formula is C25H21ClF4N6O2S. The Bertz CT molecular complexity index is 1680. The van der Waals surface area contributed by atoms with Crippen molar-refractivity contribution < 1.29 is 26.0 Å². The molecular weight excluding hydrogens is 560 g/mol. The number of halogens is 5. The lowest BCUT2D eigenvalue weighted by atomic mass is 10.1. The molecule has 2 heterocycles. The molecule has 0 saturated heterocycles. The van der Waals surface area contributed by atoms with Crippen molar-refractivity contribution in [2.24, 2.45) is 5.14 Å². The highest BCUT2D eigenvalue weighted by atomic mass is 35.5. The Hall–Kier alpha value is -3.55. The van der Waals surface area contributed by atoms with Gasteiger partial charge in [0.2, 0.25) is 16.0 Å². The second-order valence-electron chi connectivity index (χ2n) is 9.27. The topological polar surface area (TPSA) is 123 Å². The molecule has 1 fully saturated rings. The van der Waals surface area contributed by atoms with Gasteiger partial charge in [-0.05, 0) is 73.9 Å². The number of hydrogen-bond acceptors (Lipinski definition) is 7. The molecule has 2 aromatic carbocycles. The number of hydrogen-bond donors (Lipinski definition) is 3. The third kappa shape index (κ3) is 5.47. The van der Waals surface area contributed by atoms with Crippen molar-refractivity contribution in [1.82, 2.24) is 15.0 Å². The van der Waals surface area contributed by atoms with Gasteiger partial charge in [-0.25, -0.2) is 27.9 Å². The summed E-state index contributed by atoms with van der Waals surface area (Å²) in [5.74, 6) is -0.536. The van der Waals surface area contributed by atoms with Crippen molar-refractivity contribution in [3.05, 3.63) is 71.0 Å². The van der Waals surface area contributed by atoms with Gasteiger partial charge in [-0.15, -0.1) is 0 Å². The lowest BCUT2D eigenvalue weighted by Gasteiger charge is -2.23. The number of fused-ring (bicyclic) bond motifs is 1. The van der Waals surface area contributed by atoms with Crippen molar-refractivity contribution in [3.63, 3.8) is 0 Å². The summed E-state index contributed by atoms with van der Waals surface area (Å²) in [6, 6.07) is 12.4. The summed E-state index contributed by atoms with van der Waals surface area (Å²) in [4.78, 5) is 13.0. The Morgan fingerprint density at radius 1 is 1.03 bits per heavy atom. The minimum atomic E-state index is -4.51. The number of benzene rings is 2. The molecule has 0 bridgehead atoms. The largest absolute Gasteiger partial charge is 0.411 e. The Morgan fingerprint density at radius 3 is 2.31 bits per heavy atom. The maximum Gasteiger partial charge on any atom is 0.411 e. The van der Waals surface area contributed by atoms with Crippen LogP contribution in [0.15, 0.2) is 59.5 Å². The molecule has 14 heteroatoms. The van der Waals surface area contributed by atoms with Crippen molar-refractivity contribution in [1.29, 1.82) is 0 Å².